The molecule has 0 spiro atoms. The highest BCUT2D eigenvalue weighted by Crippen LogP contribution is 2.33. The van der Waals surface area contributed by atoms with Crippen molar-refractivity contribution in [2.45, 2.75) is 13.0 Å². The number of rotatable bonds is 6. The molecule has 0 aliphatic carbocycles. The lowest BCUT2D eigenvalue weighted by molar-refractivity contribution is 0.0926. The summed E-state index contributed by atoms with van der Waals surface area (Å²) in [5.41, 5.74) is 8.14. The molecule has 0 saturated carbocycles. The molecule has 0 bridgehead atoms. The highest BCUT2D eigenvalue weighted by molar-refractivity contribution is 6.11. The molecular formula is C20H23FN4O2. The fourth-order valence-electron chi connectivity index (χ4n) is 3.23. The van der Waals surface area contributed by atoms with Gasteiger partial charge in [0, 0.05) is 24.3 Å². The molecule has 1 heterocycles. The van der Waals surface area contributed by atoms with Crippen molar-refractivity contribution in [2.24, 2.45) is 0 Å². The van der Waals surface area contributed by atoms with Gasteiger partial charge in [-0.3, -0.25) is 9.59 Å². The third-order valence-corrected chi connectivity index (χ3v) is 4.56. The van der Waals surface area contributed by atoms with Crippen LogP contribution < -0.4 is 16.4 Å². The lowest BCUT2D eigenvalue weighted by Crippen LogP contribution is -2.28. The van der Waals surface area contributed by atoms with Gasteiger partial charge in [0.25, 0.3) is 11.8 Å². The molecule has 0 aromatic heterocycles. The molecule has 0 atom stereocenters. The fourth-order valence-corrected chi connectivity index (χ4v) is 3.23. The average Bonchev–Trinajstić information content (AvgIpc) is 3.00. The van der Waals surface area contributed by atoms with Crippen LogP contribution in [-0.4, -0.2) is 43.9 Å². The summed E-state index contributed by atoms with van der Waals surface area (Å²) in [5.74, 6) is -1.08. The normalized spacial score (nSPS) is 12.8. The summed E-state index contributed by atoms with van der Waals surface area (Å²) in [6.07, 6.45) is 0.807. The molecule has 1 aliphatic rings. The maximum absolute atomic E-state index is 14.4. The third kappa shape index (κ3) is 3.93. The largest absolute Gasteiger partial charge is 0.399 e. The van der Waals surface area contributed by atoms with Gasteiger partial charge >= 0.3 is 0 Å². The van der Waals surface area contributed by atoms with Gasteiger partial charge in [0.05, 0.1) is 11.1 Å². The Hall–Kier alpha value is -2.93. The Bertz CT molecular complexity index is 896. The number of fused-ring (bicyclic) bond motifs is 1. The van der Waals surface area contributed by atoms with Crippen molar-refractivity contribution >= 4 is 17.5 Å². The van der Waals surface area contributed by atoms with Gasteiger partial charge in [-0.2, -0.15) is 0 Å². The molecule has 7 heteroatoms. The first-order valence-corrected chi connectivity index (χ1v) is 8.81. The van der Waals surface area contributed by atoms with E-state index < -0.39 is 5.82 Å². The molecule has 0 fully saturated rings. The number of nitrogens with zero attached hydrogens (tertiary/aromatic N) is 1. The van der Waals surface area contributed by atoms with E-state index in [9.17, 15) is 14.0 Å². The van der Waals surface area contributed by atoms with Gasteiger partial charge in [0.2, 0.25) is 0 Å². The van der Waals surface area contributed by atoms with Gasteiger partial charge in [0.15, 0.2) is 0 Å². The molecule has 27 heavy (non-hydrogen) atoms. The van der Waals surface area contributed by atoms with Crippen molar-refractivity contribution in [2.75, 3.05) is 32.9 Å². The molecule has 2 aromatic carbocycles. The van der Waals surface area contributed by atoms with Crippen LogP contribution in [0.4, 0.5) is 10.1 Å². The van der Waals surface area contributed by atoms with Gasteiger partial charge in [-0.25, -0.2) is 4.39 Å². The van der Waals surface area contributed by atoms with Crippen molar-refractivity contribution in [3.8, 4) is 11.1 Å². The zero-order valence-corrected chi connectivity index (χ0v) is 15.4. The van der Waals surface area contributed by atoms with Crippen LogP contribution in [0, 0.1) is 5.82 Å². The van der Waals surface area contributed by atoms with Crippen LogP contribution in [0.2, 0.25) is 0 Å². The number of hydrogen-bond acceptors (Lipinski definition) is 4. The Kier molecular flexibility index (Phi) is 5.41. The molecule has 1 aliphatic heterocycles. The minimum Gasteiger partial charge on any atom is -0.399 e. The molecular weight excluding hydrogens is 347 g/mol. The summed E-state index contributed by atoms with van der Waals surface area (Å²) in [6.45, 7) is 1.63. The monoisotopic (exact) mass is 370 g/mol. The minimum atomic E-state index is -0.461. The summed E-state index contributed by atoms with van der Waals surface area (Å²) in [4.78, 5) is 26.9. The Morgan fingerprint density at radius 3 is 2.70 bits per heavy atom. The lowest BCUT2D eigenvalue weighted by Gasteiger charge is -2.13. The van der Waals surface area contributed by atoms with Crippen molar-refractivity contribution in [1.82, 2.24) is 15.5 Å². The molecule has 6 nitrogen and oxygen atoms in total. The number of benzene rings is 2. The molecule has 0 unspecified atom stereocenters. The van der Waals surface area contributed by atoms with E-state index in [-0.39, 0.29) is 18.4 Å². The predicted molar refractivity (Wildman–Crippen MR) is 103 cm³/mol. The van der Waals surface area contributed by atoms with Gasteiger partial charge < -0.3 is 21.3 Å². The predicted octanol–water partition coefficient (Wildman–Crippen LogP) is 2.00. The van der Waals surface area contributed by atoms with E-state index >= 15 is 0 Å². The van der Waals surface area contributed by atoms with E-state index in [1.54, 1.807) is 24.3 Å². The van der Waals surface area contributed by atoms with E-state index in [1.165, 1.54) is 6.07 Å². The lowest BCUT2D eigenvalue weighted by atomic mass is 9.92. The van der Waals surface area contributed by atoms with Crippen LogP contribution in [-0.2, 0) is 6.54 Å². The number of nitrogens with two attached hydrogens (primary N) is 1. The standard InChI is InChI=1S/C20H23FN4O2/c1-25(2)9-3-8-23-19(26)15-7-6-13(16-11-24-20(27)18(15)16)14-5-4-12(22)10-17(14)21/h4-7,10H,3,8-9,11,22H2,1-2H3,(H,23,26)(H,24,27). The number of nitrogens with one attached hydrogen (secondary N) is 2. The van der Waals surface area contributed by atoms with Crippen LogP contribution in [0.1, 0.15) is 32.7 Å². The minimum absolute atomic E-state index is 0.259. The average molecular weight is 370 g/mol. The Labute approximate surface area is 157 Å². The number of nitrogen functional groups attached to an aromatic ring is 1. The number of carbonyl (C=O) groups excluding carboxylic acids is 2. The molecule has 3 rings (SSSR count). The molecule has 2 aromatic rings. The third-order valence-electron chi connectivity index (χ3n) is 4.56. The Morgan fingerprint density at radius 1 is 1.26 bits per heavy atom. The SMILES string of the molecule is CN(C)CCCNC(=O)c1ccc(-c2ccc(N)cc2F)c2c1C(=O)NC2. The number of hydrogen-bond donors (Lipinski definition) is 3. The van der Waals surface area contributed by atoms with Gasteiger partial charge in [-0.1, -0.05) is 6.07 Å². The number of carbonyl (C=O) groups is 2. The summed E-state index contributed by atoms with van der Waals surface area (Å²) in [6, 6.07) is 7.71. The first-order chi connectivity index (χ1) is 12.9. The molecule has 2 amide bonds. The Morgan fingerprint density at radius 2 is 2.00 bits per heavy atom. The Balaban J connectivity index is 1.91. The highest BCUT2D eigenvalue weighted by atomic mass is 19.1. The van der Waals surface area contributed by atoms with E-state index in [1.807, 2.05) is 19.0 Å². The van der Waals surface area contributed by atoms with E-state index in [4.69, 9.17) is 5.73 Å². The highest BCUT2D eigenvalue weighted by Gasteiger charge is 2.29. The number of anilines is 1. The maximum atomic E-state index is 14.4. The number of amides is 2. The molecule has 0 saturated heterocycles. The second-order valence-electron chi connectivity index (χ2n) is 6.85. The maximum Gasteiger partial charge on any atom is 0.252 e. The quantitative estimate of drug-likeness (QED) is 0.536. The van der Waals surface area contributed by atoms with E-state index in [2.05, 4.69) is 10.6 Å². The number of halogens is 1. The zero-order valence-electron chi connectivity index (χ0n) is 15.4. The van der Waals surface area contributed by atoms with Crippen LogP contribution in [0.25, 0.3) is 11.1 Å². The van der Waals surface area contributed by atoms with Gasteiger partial charge in [-0.05, 0) is 62.5 Å². The van der Waals surface area contributed by atoms with E-state index in [0.717, 1.165) is 13.0 Å². The summed E-state index contributed by atoms with van der Waals surface area (Å²) < 4.78 is 14.4. The molecule has 4 N–H and O–H groups in total. The fraction of sp³-hybridized carbons (Fsp3) is 0.300. The smallest absolute Gasteiger partial charge is 0.252 e. The van der Waals surface area contributed by atoms with Crippen molar-refractivity contribution < 1.29 is 14.0 Å². The van der Waals surface area contributed by atoms with Crippen LogP contribution >= 0.6 is 0 Å². The summed E-state index contributed by atoms with van der Waals surface area (Å²) >= 11 is 0. The first-order valence-electron chi connectivity index (χ1n) is 8.81. The van der Waals surface area contributed by atoms with Crippen LogP contribution in [0.15, 0.2) is 30.3 Å². The van der Waals surface area contributed by atoms with Crippen molar-refractivity contribution in [3.05, 3.63) is 52.8 Å². The van der Waals surface area contributed by atoms with E-state index in [0.29, 0.717) is 40.0 Å². The summed E-state index contributed by atoms with van der Waals surface area (Å²) in [7, 11) is 3.93. The zero-order chi connectivity index (χ0) is 19.6. The first kappa shape index (κ1) is 18.8. The molecule has 0 radical (unpaired) electrons. The van der Waals surface area contributed by atoms with Gasteiger partial charge in [-0.15, -0.1) is 0 Å². The topological polar surface area (TPSA) is 87.5 Å². The van der Waals surface area contributed by atoms with Crippen molar-refractivity contribution in [3.63, 3.8) is 0 Å². The molecule has 142 valence electrons. The second kappa shape index (κ2) is 7.75. The summed E-state index contributed by atoms with van der Waals surface area (Å²) in [5, 5.41) is 5.58. The van der Waals surface area contributed by atoms with Crippen LogP contribution in [0.3, 0.4) is 0 Å². The van der Waals surface area contributed by atoms with Gasteiger partial charge in [0.1, 0.15) is 5.82 Å². The van der Waals surface area contributed by atoms with Crippen LogP contribution in [0.5, 0.6) is 0 Å². The van der Waals surface area contributed by atoms with Crippen molar-refractivity contribution in [1.29, 1.82) is 0 Å². The second-order valence-corrected chi connectivity index (χ2v) is 6.85.